The molecule has 0 heterocycles. The monoisotopic (exact) mass is 677 g/mol. The van der Waals surface area contributed by atoms with Crippen LogP contribution >= 0.6 is 58.0 Å². The van der Waals surface area contributed by atoms with Gasteiger partial charge in [0.2, 0.25) is 21.8 Å². The molecule has 3 aromatic rings. The van der Waals surface area contributed by atoms with Crippen LogP contribution < -0.4 is 9.62 Å². The van der Waals surface area contributed by atoms with Crippen LogP contribution in [0.1, 0.15) is 24.5 Å². The third-order valence-electron chi connectivity index (χ3n) is 6.15. The average molecular weight is 680 g/mol. The first kappa shape index (κ1) is 33.3. The van der Waals surface area contributed by atoms with Crippen LogP contribution in [-0.4, -0.2) is 50.5 Å². The lowest BCUT2D eigenvalue weighted by Gasteiger charge is -2.34. The molecule has 3 aromatic carbocycles. The van der Waals surface area contributed by atoms with E-state index in [2.05, 4.69) is 5.32 Å². The Balaban J connectivity index is 2.13. The van der Waals surface area contributed by atoms with Gasteiger partial charge in [-0.25, -0.2) is 8.42 Å². The summed E-state index contributed by atoms with van der Waals surface area (Å²) in [6.45, 7) is 1.43. The molecule has 0 aliphatic heterocycles. The summed E-state index contributed by atoms with van der Waals surface area (Å²) in [7, 11) is -4.06. The van der Waals surface area contributed by atoms with Gasteiger partial charge >= 0.3 is 0 Å². The van der Waals surface area contributed by atoms with Gasteiger partial charge in [0.05, 0.1) is 27.0 Å². The minimum atomic E-state index is -4.06. The predicted molar refractivity (Wildman–Crippen MR) is 168 cm³/mol. The van der Waals surface area contributed by atoms with Crippen LogP contribution in [0.5, 0.6) is 0 Å². The van der Waals surface area contributed by atoms with Crippen molar-refractivity contribution in [2.45, 2.75) is 32.4 Å². The number of anilines is 1. The largest absolute Gasteiger partial charge is 0.354 e. The number of hydrogen-bond acceptors (Lipinski definition) is 4. The zero-order valence-electron chi connectivity index (χ0n) is 22.2. The molecule has 0 radical (unpaired) electrons. The number of rotatable bonds is 12. The highest BCUT2D eigenvalue weighted by atomic mass is 35.5. The topological polar surface area (TPSA) is 86.8 Å². The van der Waals surface area contributed by atoms with Gasteiger partial charge in [-0.2, -0.15) is 0 Å². The van der Waals surface area contributed by atoms with Gasteiger partial charge in [-0.3, -0.25) is 13.9 Å². The summed E-state index contributed by atoms with van der Waals surface area (Å²) in [5.41, 5.74) is 1.16. The van der Waals surface area contributed by atoms with Gasteiger partial charge in [-0.1, -0.05) is 101 Å². The first-order valence-corrected chi connectivity index (χ1v) is 16.2. The number of hydrogen-bond donors (Lipinski definition) is 1. The molecule has 7 nitrogen and oxygen atoms in total. The van der Waals surface area contributed by atoms with Gasteiger partial charge in [-0.15, -0.1) is 0 Å². The van der Waals surface area contributed by atoms with Gasteiger partial charge in [-0.05, 0) is 36.2 Å². The Morgan fingerprint density at radius 2 is 1.46 bits per heavy atom. The van der Waals surface area contributed by atoms with Gasteiger partial charge in [0.15, 0.2) is 0 Å². The molecule has 0 bridgehead atoms. The molecule has 0 fully saturated rings. The van der Waals surface area contributed by atoms with E-state index in [1.165, 1.54) is 17.0 Å². The number of nitrogens with one attached hydrogen (secondary N) is 1. The molecule has 13 heteroatoms. The third kappa shape index (κ3) is 8.89. The van der Waals surface area contributed by atoms with E-state index < -0.39 is 34.4 Å². The predicted octanol–water partition coefficient (Wildman–Crippen LogP) is 6.89. The fourth-order valence-electron chi connectivity index (χ4n) is 4.07. The molecule has 0 aliphatic carbocycles. The van der Waals surface area contributed by atoms with E-state index in [0.717, 1.165) is 16.1 Å². The van der Waals surface area contributed by atoms with Gasteiger partial charge < -0.3 is 10.2 Å². The van der Waals surface area contributed by atoms with Crippen LogP contribution in [-0.2, 0) is 32.6 Å². The van der Waals surface area contributed by atoms with E-state index >= 15 is 0 Å². The number of carbonyl (C=O) groups excluding carboxylic acids is 2. The lowest BCUT2D eigenvalue weighted by atomic mass is 10.0. The molecule has 0 aliphatic rings. The van der Waals surface area contributed by atoms with Crippen LogP contribution in [0, 0.1) is 0 Å². The lowest BCUT2D eigenvalue weighted by Crippen LogP contribution is -2.53. The molecule has 2 amide bonds. The van der Waals surface area contributed by atoms with Crippen molar-refractivity contribution in [3.8, 4) is 0 Å². The maximum atomic E-state index is 14.1. The molecule has 0 spiro atoms. The van der Waals surface area contributed by atoms with Crippen LogP contribution in [0.25, 0.3) is 0 Å². The van der Waals surface area contributed by atoms with Gasteiger partial charge in [0, 0.05) is 35.1 Å². The summed E-state index contributed by atoms with van der Waals surface area (Å²) in [6.07, 6.45) is 1.76. The second-order valence-corrected chi connectivity index (χ2v) is 13.1. The number of sulfonamides is 1. The minimum Gasteiger partial charge on any atom is -0.354 e. The molecule has 1 N–H and O–H groups in total. The molecule has 3 rings (SSSR count). The standard InChI is InChI=1S/C28H28Cl5N3O4S/c1-3-12-34-28(38)26(13-18-8-5-4-6-9-18)35(16-19-20(29)10-7-11-21(19)30)27(37)17-36(41(2,39)40)25-15-23(32)22(31)14-24(25)33/h4-11,14-15,26H,3,12-13,16-17H2,1-2H3,(H,34,38)/t26-/m1/s1. The smallest absolute Gasteiger partial charge is 0.244 e. The Bertz CT molecular complexity index is 1490. The van der Waals surface area contributed by atoms with Crippen LogP contribution in [0.4, 0.5) is 5.69 Å². The minimum absolute atomic E-state index is 0.0279. The summed E-state index contributed by atoms with van der Waals surface area (Å²) in [6, 6.07) is 15.6. The molecule has 0 saturated heterocycles. The van der Waals surface area contributed by atoms with Crippen LogP contribution in [0.2, 0.25) is 25.1 Å². The Labute approximate surface area is 265 Å². The second kappa shape index (κ2) is 14.8. The highest BCUT2D eigenvalue weighted by molar-refractivity contribution is 7.92. The van der Waals surface area contributed by atoms with Crippen molar-refractivity contribution in [1.82, 2.24) is 10.2 Å². The molecule has 0 aromatic heterocycles. The van der Waals surface area contributed by atoms with E-state index in [9.17, 15) is 18.0 Å². The fraction of sp³-hybridized carbons (Fsp3) is 0.286. The normalized spacial score (nSPS) is 12.1. The number of benzene rings is 3. The van der Waals surface area contributed by atoms with Crippen molar-refractivity contribution in [2.24, 2.45) is 0 Å². The molecule has 0 saturated carbocycles. The molecular formula is C28H28Cl5N3O4S. The van der Waals surface area contributed by atoms with Gasteiger partial charge in [0.25, 0.3) is 0 Å². The molecule has 41 heavy (non-hydrogen) atoms. The van der Waals surface area contributed by atoms with Crippen molar-refractivity contribution < 1.29 is 18.0 Å². The maximum Gasteiger partial charge on any atom is 0.244 e. The van der Waals surface area contributed by atoms with Crippen molar-refractivity contribution in [1.29, 1.82) is 0 Å². The Hall–Kier alpha value is -2.20. The number of carbonyl (C=O) groups is 2. The molecule has 0 unspecified atom stereocenters. The first-order chi connectivity index (χ1) is 19.3. The SMILES string of the molecule is CCCNC(=O)[C@@H](Cc1ccccc1)N(Cc1c(Cl)cccc1Cl)C(=O)CN(c1cc(Cl)c(Cl)cc1Cl)S(C)(=O)=O. The Morgan fingerprint density at radius 1 is 0.854 bits per heavy atom. The van der Waals surface area contributed by atoms with E-state index in [0.29, 0.717) is 18.5 Å². The van der Waals surface area contributed by atoms with E-state index in [4.69, 9.17) is 58.0 Å². The van der Waals surface area contributed by atoms with E-state index in [1.54, 1.807) is 18.2 Å². The van der Waals surface area contributed by atoms with Crippen LogP contribution in [0.3, 0.4) is 0 Å². The zero-order valence-corrected chi connectivity index (χ0v) is 26.8. The first-order valence-electron chi connectivity index (χ1n) is 12.5. The quantitative estimate of drug-likeness (QED) is 0.212. The van der Waals surface area contributed by atoms with Crippen molar-refractivity contribution >= 4 is 85.5 Å². The second-order valence-electron chi connectivity index (χ2n) is 9.21. The van der Waals surface area contributed by atoms with E-state index in [-0.39, 0.29) is 43.8 Å². The van der Waals surface area contributed by atoms with Gasteiger partial charge in [0.1, 0.15) is 12.6 Å². The summed E-state index contributed by atoms with van der Waals surface area (Å²) < 4.78 is 26.7. The van der Waals surface area contributed by atoms with Crippen molar-refractivity contribution in [3.05, 3.63) is 96.9 Å². The van der Waals surface area contributed by atoms with Crippen molar-refractivity contribution in [3.63, 3.8) is 0 Å². The zero-order chi connectivity index (χ0) is 30.3. The summed E-state index contributed by atoms with van der Waals surface area (Å²) >= 11 is 31.5. The number of halogens is 5. The number of amides is 2. The number of nitrogens with zero attached hydrogens (tertiary/aromatic N) is 2. The maximum absolute atomic E-state index is 14.1. The van der Waals surface area contributed by atoms with Crippen molar-refractivity contribution in [2.75, 3.05) is 23.7 Å². The average Bonchev–Trinajstić information content (AvgIpc) is 2.91. The highest BCUT2D eigenvalue weighted by Gasteiger charge is 2.34. The Kier molecular flexibility index (Phi) is 12.0. The molecular weight excluding hydrogens is 652 g/mol. The molecule has 220 valence electrons. The summed E-state index contributed by atoms with van der Waals surface area (Å²) in [4.78, 5) is 29.0. The fourth-order valence-corrected chi connectivity index (χ4v) is 6.14. The lowest BCUT2D eigenvalue weighted by molar-refractivity contribution is -0.140. The summed E-state index contributed by atoms with van der Waals surface area (Å²) in [5, 5.41) is 3.57. The van der Waals surface area contributed by atoms with Crippen LogP contribution in [0.15, 0.2) is 60.7 Å². The van der Waals surface area contributed by atoms with E-state index in [1.807, 2.05) is 37.3 Å². The highest BCUT2D eigenvalue weighted by Crippen LogP contribution is 2.36. The molecule has 1 atom stereocenters. The summed E-state index contributed by atoms with van der Waals surface area (Å²) in [5.74, 6) is -1.10. The Morgan fingerprint density at radius 3 is 2.05 bits per heavy atom. The third-order valence-corrected chi connectivity index (χ3v) is 9.01.